The van der Waals surface area contributed by atoms with Crippen LogP contribution in [0.4, 0.5) is 0 Å². The van der Waals surface area contributed by atoms with Gasteiger partial charge >= 0.3 is 0 Å². The molecule has 5 aromatic rings. The van der Waals surface area contributed by atoms with Gasteiger partial charge in [-0.05, 0) is 119 Å². The second-order valence-corrected chi connectivity index (χ2v) is 18.9. The van der Waals surface area contributed by atoms with Crippen molar-refractivity contribution in [2.75, 3.05) is 0 Å². The first-order valence-corrected chi connectivity index (χ1v) is 21.5. The normalized spacial score (nSPS) is 20.6. The molecule has 57 heavy (non-hydrogen) atoms. The molecule has 0 bridgehead atoms. The van der Waals surface area contributed by atoms with Crippen molar-refractivity contribution in [1.29, 1.82) is 0 Å². The predicted octanol–water partition coefficient (Wildman–Crippen LogP) is 13.1. The summed E-state index contributed by atoms with van der Waals surface area (Å²) >= 11 is 0. The monoisotopic (exact) mass is 746 g/mol. The highest BCUT2D eigenvalue weighted by Crippen LogP contribution is 2.53. The van der Waals surface area contributed by atoms with E-state index in [-0.39, 0.29) is 11.3 Å². The molecule has 8 rings (SSSR count). The van der Waals surface area contributed by atoms with Gasteiger partial charge in [0.05, 0.1) is 0 Å². The number of hydrogen-bond donors (Lipinski definition) is 0. The van der Waals surface area contributed by atoms with Crippen LogP contribution in [-0.4, -0.2) is 0 Å². The first-order valence-electron chi connectivity index (χ1n) is 21.5. The maximum atomic E-state index is 2.70. The molecule has 0 heteroatoms. The van der Waals surface area contributed by atoms with Crippen LogP contribution in [0.25, 0.3) is 11.1 Å². The minimum absolute atomic E-state index is 0.0787. The highest BCUT2D eigenvalue weighted by molar-refractivity contribution is 5.71. The van der Waals surface area contributed by atoms with Gasteiger partial charge in [-0.25, -0.2) is 0 Å². The summed E-state index contributed by atoms with van der Waals surface area (Å²) in [6.07, 6.45) is 12.6. The van der Waals surface area contributed by atoms with Crippen LogP contribution in [0.5, 0.6) is 0 Å². The molecular formula is C57H62. The zero-order valence-electron chi connectivity index (χ0n) is 35.8. The third-order valence-electron chi connectivity index (χ3n) is 13.9. The van der Waals surface area contributed by atoms with Crippen molar-refractivity contribution in [3.05, 3.63) is 212 Å². The van der Waals surface area contributed by atoms with Crippen molar-refractivity contribution < 1.29 is 0 Å². The summed E-state index contributed by atoms with van der Waals surface area (Å²) in [5, 5.41) is 2.90. The minimum Gasteiger partial charge on any atom is -0.0796 e. The van der Waals surface area contributed by atoms with E-state index in [1.807, 2.05) is 0 Å². The van der Waals surface area contributed by atoms with Gasteiger partial charge in [-0.2, -0.15) is 0 Å². The van der Waals surface area contributed by atoms with Gasteiger partial charge in [0, 0.05) is 11.8 Å². The number of fused-ring (bicyclic) bond motifs is 4. The molecule has 5 aromatic carbocycles. The van der Waals surface area contributed by atoms with Crippen molar-refractivity contribution >= 4 is 11.1 Å². The third kappa shape index (κ3) is 7.86. The maximum Gasteiger partial charge on any atom is 0.0152 e. The molecule has 0 amide bonds. The summed E-state index contributed by atoms with van der Waals surface area (Å²) in [5.74, 6) is 2.47. The summed E-state index contributed by atoms with van der Waals surface area (Å²) in [6.45, 7) is 21.0. The average Bonchev–Trinajstić information content (AvgIpc) is 3.21. The van der Waals surface area contributed by atoms with Crippen molar-refractivity contribution in [3.63, 3.8) is 0 Å². The first kappa shape index (κ1) is 38.9. The fourth-order valence-electron chi connectivity index (χ4n) is 10.4. The zero-order valence-corrected chi connectivity index (χ0v) is 35.8. The molecule has 3 aliphatic carbocycles. The lowest BCUT2D eigenvalue weighted by molar-refractivity contribution is 0.356. The maximum absolute atomic E-state index is 2.70. The Balaban J connectivity index is 1.31. The van der Waals surface area contributed by atoms with Crippen LogP contribution in [0.2, 0.25) is 0 Å². The highest BCUT2D eigenvalue weighted by Gasteiger charge is 2.43. The minimum atomic E-state index is 0.0787. The average molecular weight is 747 g/mol. The van der Waals surface area contributed by atoms with Crippen LogP contribution in [0.15, 0.2) is 157 Å². The standard InChI is InChI=1S/C57H62/c1-36-14-22-42(23-15-36)32-50(43-24-16-37(2)17-25-43)40(5)51-34-55-49-31-30-46(57(7,8)9)33-53(49)52(35-54(55)48-13-11-10-12-47(48)51)41(6)56(44-26-18-38(3)19-27-44)45-28-20-39(4)21-29-45/h10-31,33,35,40-41,49-50,53,55-56H,32,34H2,1-9H3. The lowest BCUT2D eigenvalue weighted by atomic mass is 9.58. The molecule has 0 fully saturated rings. The van der Waals surface area contributed by atoms with E-state index in [9.17, 15) is 0 Å². The van der Waals surface area contributed by atoms with Gasteiger partial charge in [-0.1, -0.05) is 214 Å². The summed E-state index contributed by atoms with van der Waals surface area (Å²) in [5.41, 5.74) is 17.2. The molecule has 0 saturated carbocycles. The van der Waals surface area contributed by atoms with Crippen molar-refractivity contribution in [3.8, 4) is 0 Å². The summed E-state index contributed by atoms with van der Waals surface area (Å²) in [6, 6.07) is 46.8. The predicted molar refractivity (Wildman–Crippen MR) is 244 cm³/mol. The number of rotatable bonds is 9. The van der Waals surface area contributed by atoms with E-state index in [0.29, 0.717) is 35.5 Å². The van der Waals surface area contributed by atoms with E-state index in [1.54, 1.807) is 16.7 Å². The number of hydrogen-bond acceptors (Lipinski definition) is 0. The van der Waals surface area contributed by atoms with Crippen molar-refractivity contribution in [2.45, 2.75) is 87.0 Å². The Morgan fingerprint density at radius 1 is 0.596 bits per heavy atom. The second kappa shape index (κ2) is 15.8. The Bertz CT molecular complexity index is 2390. The summed E-state index contributed by atoms with van der Waals surface area (Å²) in [7, 11) is 0. The molecule has 290 valence electrons. The Morgan fingerprint density at radius 2 is 1.11 bits per heavy atom. The summed E-state index contributed by atoms with van der Waals surface area (Å²) < 4.78 is 0. The highest BCUT2D eigenvalue weighted by atomic mass is 14.5. The molecule has 0 aliphatic heterocycles. The van der Waals surface area contributed by atoms with Crippen LogP contribution in [-0.2, 0) is 6.42 Å². The molecule has 0 saturated heterocycles. The van der Waals surface area contributed by atoms with E-state index in [1.165, 1.54) is 60.5 Å². The van der Waals surface area contributed by atoms with Gasteiger partial charge in [0.25, 0.3) is 0 Å². The Morgan fingerprint density at radius 3 is 1.65 bits per heavy atom. The van der Waals surface area contributed by atoms with Gasteiger partial charge < -0.3 is 0 Å². The molecule has 3 aliphatic rings. The van der Waals surface area contributed by atoms with Gasteiger partial charge in [-0.15, -0.1) is 0 Å². The molecule has 0 nitrogen and oxygen atoms in total. The second-order valence-electron chi connectivity index (χ2n) is 18.9. The Labute approximate surface area is 343 Å². The SMILES string of the molecule is Cc1ccc(CC(c2ccc(C)cc2)C(C)C2=c3ccccc3=C3C=C(C(C)C(c4ccc(C)cc4)c4ccc(C)cc4)C4C=C(C(C)(C)C)C=CC4C3C2)cc1. The Hall–Kier alpha value is -4.94. The lowest BCUT2D eigenvalue weighted by Crippen LogP contribution is -2.43. The van der Waals surface area contributed by atoms with Gasteiger partial charge in [0.2, 0.25) is 0 Å². The van der Waals surface area contributed by atoms with E-state index >= 15 is 0 Å². The van der Waals surface area contributed by atoms with Crippen molar-refractivity contribution in [2.24, 2.45) is 35.0 Å². The molecular weight excluding hydrogens is 685 g/mol. The van der Waals surface area contributed by atoms with Crippen LogP contribution >= 0.6 is 0 Å². The van der Waals surface area contributed by atoms with Crippen LogP contribution in [0.3, 0.4) is 0 Å². The van der Waals surface area contributed by atoms with E-state index in [4.69, 9.17) is 0 Å². The first-order chi connectivity index (χ1) is 27.4. The van der Waals surface area contributed by atoms with Crippen LogP contribution in [0.1, 0.15) is 97.4 Å². The largest absolute Gasteiger partial charge is 0.0796 e. The lowest BCUT2D eigenvalue weighted by Gasteiger charge is -2.45. The van der Waals surface area contributed by atoms with Gasteiger partial charge in [0.1, 0.15) is 0 Å². The number of aryl methyl sites for hydroxylation is 4. The number of benzene rings is 5. The summed E-state index contributed by atoms with van der Waals surface area (Å²) in [4.78, 5) is 0. The molecule has 0 N–H and O–H groups in total. The van der Waals surface area contributed by atoms with Crippen molar-refractivity contribution in [1.82, 2.24) is 0 Å². The fourth-order valence-corrected chi connectivity index (χ4v) is 10.4. The molecule has 0 radical (unpaired) electrons. The fraction of sp³-hybridized carbons (Fsp3) is 0.333. The van der Waals surface area contributed by atoms with Gasteiger partial charge in [-0.3, -0.25) is 0 Å². The van der Waals surface area contributed by atoms with E-state index < -0.39 is 0 Å². The molecule has 0 aromatic heterocycles. The van der Waals surface area contributed by atoms with Crippen LogP contribution in [0, 0.1) is 62.7 Å². The quantitative estimate of drug-likeness (QED) is 0.141. The Kier molecular flexibility index (Phi) is 10.8. The number of allylic oxidation sites excluding steroid dienone is 6. The molecule has 6 unspecified atom stereocenters. The van der Waals surface area contributed by atoms with E-state index in [2.05, 4.69) is 208 Å². The van der Waals surface area contributed by atoms with E-state index in [0.717, 1.165) is 12.8 Å². The smallest absolute Gasteiger partial charge is 0.0152 e. The molecule has 0 spiro atoms. The van der Waals surface area contributed by atoms with Gasteiger partial charge in [0.15, 0.2) is 0 Å². The zero-order chi connectivity index (χ0) is 40.0. The third-order valence-corrected chi connectivity index (χ3v) is 13.9. The molecule has 6 atom stereocenters. The van der Waals surface area contributed by atoms with Crippen LogP contribution < -0.4 is 10.4 Å². The topological polar surface area (TPSA) is 0 Å². The molecule has 0 heterocycles.